The van der Waals surface area contributed by atoms with E-state index in [-0.39, 0.29) is 29.3 Å². The number of nitrogens with zero attached hydrogens (tertiary/aromatic N) is 3. The van der Waals surface area contributed by atoms with E-state index in [0.717, 1.165) is 11.1 Å². The molecule has 7 nitrogen and oxygen atoms in total. The van der Waals surface area contributed by atoms with Gasteiger partial charge in [0.25, 0.3) is 5.56 Å². The van der Waals surface area contributed by atoms with E-state index < -0.39 is 17.4 Å². The van der Waals surface area contributed by atoms with Crippen LogP contribution in [0.5, 0.6) is 0 Å². The van der Waals surface area contributed by atoms with E-state index in [1.54, 1.807) is 10.6 Å². The first-order valence-corrected chi connectivity index (χ1v) is 13.6. The maximum atomic E-state index is 14.5. The molecule has 3 aliphatic heterocycles. The predicted octanol–water partition coefficient (Wildman–Crippen LogP) is 4.45. The van der Waals surface area contributed by atoms with Gasteiger partial charge in [0.05, 0.1) is 34.1 Å². The molecular weight excluding hydrogens is 544 g/mol. The highest BCUT2D eigenvalue weighted by Crippen LogP contribution is 2.56. The molecule has 1 spiro atoms. The lowest BCUT2D eigenvalue weighted by Gasteiger charge is -2.32. The molecule has 0 unspecified atom stereocenters. The van der Waals surface area contributed by atoms with Crippen molar-refractivity contribution >= 4 is 44.3 Å². The zero-order chi connectivity index (χ0) is 26.5. The minimum Gasteiger partial charge on any atom is -0.296 e. The van der Waals surface area contributed by atoms with Crippen molar-refractivity contribution in [2.75, 3.05) is 4.90 Å². The zero-order valence-electron chi connectivity index (χ0n) is 21.1. The summed E-state index contributed by atoms with van der Waals surface area (Å²) in [6.45, 7) is 6.07. The van der Waals surface area contributed by atoms with Gasteiger partial charge in [-0.25, -0.2) is 9.88 Å². The van der Waals surface area contributed by atoms with Gasteiger partial charge in [0, 0.05) is 16.1 Å². The molecule has 2 saturated heterocycles. The Labute approximate surface area is 227 Å². The van der Waals surface area contributed by atoms with Crippen LogP contribution in [0.1, 0.15) is 30.8 Å². The third kappa shape index (κ3) is 2.82. The first-order valence-electron chi connectivity index (χ1n) is 12.8. The van der Waals surface area contributed by atoms with Crippen molar-refractivity contribution in [3.63, 3.8) is 0 Å². The number of carbonyl (C=O) groups excluding carboxylic acids is 2. The van der Waals surface area contributed by atoms with E-state index in [1.165, 1.54) is 4.90 Å². The molecular formula is C30H25BrN4O3. The summed E-state index contributed by atoms with van der Waals surface area (Å²) in [5.74, 6) is -1.38. The van der Waals surface area contributed by atoms with Crippen molar-refractivity contribution in [2.24, 2.45) is 17.8 Å². The van der Waals surface area contributed by atoms with Crippen LogP contribution in [0.3, 0.4) is 0 Å². The third-order valence-corrected chi connectivity index (χ3v) is 8.99. The fourth-order valence-electron chi connectivity index (χ4n) is 6.76. The number of halogens is 1. The van der Waals surface area contributed by atoms with Crippen LogP contribution < -0.4 is 15.8 Å². The number of imide groups is 1. The van der Waals surface area contributed by atoms with Crippen LogP contribution in [0.25, 0.3) is 16.6 Å². The molecule has 2 amide bonds. The highest BCUT2D eigenvalue weighted by molar-refractivity contribution is 9.10. The average Bonchev–Trinajstić information content (AvgIpc) is 3.49. The number of aromatic nitrogens is 2. The normalized spacial score (nSPS) is 25.5. The van der Waals surface area contributed by atoms with Crippen molar-refractivity contribution in [3.05, 3.63) is 98.5 Å². The lowest BCUT2D eigenvalue weighted by atomic mass is 9.75. The number of aryl methyl sites for hydroxylation is 1. The molecule has 4 atom stereocenters. The van der Waals surface area contributed by atoms with Crippen LogP contribution in [-0.2, 0) is 15.1 Å². The quantitative estimate of drug-likeness (QED) is 0.361. The maximum absolute atomic E-state index is 14.5. The van der Waals surface area contributed by atoms with Gasteiger partial charge in [0.15, 0.2) is 0 Å². The number of hydrogen-bond acceptors (Lipinski definition) is 5. The number of nitrogens with one attached hydrogen (secondary N) is 1. The van der Waals surface area contributed by atoms with Crippen molar-refractivity contribution in [2.45, 2.75) is 32.4 Å². The fraction of sp³-hybridized carbons (Fsp3) is 0.267. The minimum absolute atomic E-state index is 0.0495. The lowest BCUT2D eigenvalue weighted by molar-refractivity contribution is -0.123. The Balaban J connectivity index is 1.53. The average molecular weight is 569 g/mol. The van der Waals surface area contributed by atoms with Crippen molar-refractivity contribution < 1.29 is 9.59 Å². The lowest BCUT2D eigenvalue weighted by Crippen LogP contribution is -2.51. The van der Waals surface area contributed by atoms with E-state index in [0.29, 0.717) is 32.6 Å². The highest BCUT2D eigenvalue weighted by Gasteiger charge is 2.70. The molecule has 1 N–H and O–H groups in total. The minimum atomic E-state index is -1.13. The molecule has 0 bridgehead atoms. The van der Waals surface area contributed by atoms with Gasteiger partial charge in [-0.3, -0.25) is 24.3 Å². The number of carbonyl (C=O) groups is 2. The monoisotopic (exact) mass is 568 g/mol. The molecule has 0 aliphatic carbocycles. The predicted molar refractivity (Wildman–Crippen MR) is 148 cm³/mol. The number of anilines is 1. The molecule has 1 aromatic heterocycles. The summed E-state index contributed by atoms with van der Waals surface area (Å²) in [5.41, 5.74) is 2.30. The summed E-state index contributed by atoms with van der Waals surface area (Å²) in [4.78, 5) is 48.8. The molecule has 7 rings (SSSR count). The molecule has 8 heteroatoms. The van der Waals surface area contributed by atoms with Crippen LogP contribution in [0.15, 0.2) is 76.0 Å². The molecule has 4 aromatic rings. The Morgan fingerprint density at radius 1 is 0.947 bits per heavy atom. The second-order valence-corrected chi connectivity index (χ2v) is 11.7. The summed E-state index contributed by atoms with van der Waals surface area (Å²) in [7, 11) is 0. The van der Waals surface area contributed by atoms with E-state index in [9.17, 15) is 14.4 Å². The smallest absolute Gasteiger partial charge is 0.266 e. The van der Waals surface area contributed by atoms with E-state index in [4.69, 9.17) is 4.98 Å². The number of rotatable bonds is 2. The maximum Gasteiger partial charge on any atom is 0.266 e. The standard InChI is InChI=1S/C30H25BrN4O3/c1-15(2)25-23-24(28(38)34(27(23)37)22-13-12-16(3)14-19(22)31)30(33-25)18-9-5-7-11-21(18)35-26(36)17-8-4-6-10-20(17)32-29(30)35/h4-15,23-25,33H,1-3H3/t23-,24-,25-,30-/m1/s1. The Morgan fingerprint density at radius 2 is 1.68 bits per heavy atom. The van der Waals surface area contributed by atoms with Gasteiger partial charge < -0.3 is 0 Å². The number of fused-ring (bicyclic) bond motifs is 8. The summed E-state index contributed by atoms with van der Waals surface area (Å²) in [6, 6.07) is 20.2. The Morgan fingerprint density at radius 3 is 2.45 bits per heavy atom. The van der Waals surface area contributed by atoms with E-state index in [1.807, 2.05) is 67.6 Å². The molecule has 190 valence electrons. The summed E-state index contributed by atoms with van der Waals surface area (Å²) in [5, 5.41) is 4.24. The SMILES string of the molecule is Cc1ccc(N2C(=O)[C@H]3[C@@H](C(C)C)N[C@]4(c5ccccc5-n5c4nc4ccccc4c5=O)[C@H]3C2=O)c(Br)c1. The number of hydrogen-bond donors (Lipinski definition) is 1. The molecule has 38 heavy (non-hydrogen) atoms. The Kier molecular flexibility index (Phi) is 4.91. The van der Waals surface area contributed by atoms with Crippen LogP contribution in [-0.4, -0.2) is 27.4 Å². The molecule has 3 aromatic carbocycles. The number of para-hydroxylation sites is 2. The van der Waals surface area contributed by atoms with Gasteiger partial charge in [-0.2, -0.15) is 0 Å². The van der Waals surface area contributed by atoms with E-state index in [2.05, 4.69) is 35.1 Å². The van der Waals surface area contributed by atoms with Crippen molar-refractivity contribution in [3.8, 4) is 5.69 Å². The largest absolute Gasteiger partial charge is 0.296 e. The van der Waals surface area contributed by atoms with Crippen LogP contribution in [0.2, 0.25) is 0 Å². The summed E-state index contributed by atoms with van der Waals surface area (Å²) in [6.07, 6.45) is 0. The topological polar surface area (TPSA) is 84.3 Å². The second-order valence-electron chi connectivity index (χ2n) is 10.8. The Bertz CT molecular complexity index is 1760. The van der Waals surface area contributed by atoms with Crippen LogP contribution in [0.4, 0.5) is 5.69 Å². The third-order valence-electron chi connectivity index (χ3n) is 8.36. The van der Waals surface area contributed by atoms with Gasteiger partial charge in [-0.15, -0.1) is 0 Å². The van der Waals surface area contributed by atoms with Gasteiger partial charge in [0.2, 0.25) is 11.8 Å². The van der Waals surface area contributed by atoms with Crippen LogP contribution in [0, 0.1) is 24.7 Å². The molecule has 2 fully saturated rings. The zero-order valence-corrected chi connectivity index (χ0v) is 22.7. The van der Waals surface area contributed by atoms with Crippen LogP contribution >= 0.6 is 15.9 Å². The number of amides is 2. The molecule has 4 heterocycles. The van der Waals surface area contributed by atoms with Gasteiger partial charge in [-0.1, -0.05) is 50.2 Å². The molecule has 0 radical (unpaired) electrons. The fourth-order valence-corrected chi connectivity index (χ4v) is 7.43. The summed E-state index contributed by atoms with van der Waals surface area (Å²) >= 11 is 3.58. The first kappa shape index (κ1) is 23.5. The molecule has 0 saturated carbocycles. The summed E-state index contributed by atoms with van der Waals surface area (Å²) < 4.78 is 2.32. The number of benzene rings is 3. The van der Waals surface area contributed by atoms with Gasteiger partial charge in [0.1, 0.15) is 11.4 Å². The molecule has 3 aliphatic rings. The second kappa shape index (κ2) is 7.94. The Hall–Kier alpha value is -3.62. The van der Waals surface area contributed by atoms with Gasteiger partial charge >= 0.3 is 0 Å². The van der Waals surface area contributed by atoms with Gasteiger partial charge in [-0.05, 0) is 64.7 Å². The van der Waals surface area contributed by atoms with E-state index >= 15 is 0 Å². The van der Waals surface area contributed by atoms with Crippen molar-refractivity contribution in [1.29, 1.82) is 0 Å². The highest BCUT2D eigenvalue weighted by atomic mass is 79.9. The van der Waals surface area contributed by atoms with Crippen molar-refractivity contribution in [1.82, 2.24) is 14.9 Å². The first-order chi connectivity index (χ1) is 18.3.